The molecule has 5 nitrogen and oxygen atoms in total. The fourth-order valence-electron chi connectivity index (χ4n) is 1.93. The minimum absolute atomic E-state index is 0.237. The molecule has 3 aromatic rings. The van der Waals surface area contributed by atoms with Crippen LogP contribution in [0.3, 0.4) is 0 Å². The summed E-state index contributed by atoms with van der Waals surface area (Å²) >= 11 is 7.37. The molecule has 2 heterocycles. The number of anilines is 1. The number of para-hydroxylation sites is 1. The first-order chi connectivity index (χ1) is 9.56. The van der Waals surface area contributed by atoms with E-state index in [2.05, 4.69) is 15.5 Å². The van der Waals surface area contributed by atoms with Crippen LogP contribution >= 0.6 is 22.9 Å². The number of rotatable bonds is 2. The van der Waals surface area contributed by atoms with E-state index in [0.29, 0.717) is 15.7 Å². The molecule has 1 aromatic carbocycles. The molecule has 0 aliphatic heterocycles. The monoisotopic (exact) mass is 307 g/mol. The van der Waals surface area contributed by atoms with Crippen LogP contribution in [0.1, 0.15) is 21.1 Å². The number of benzene rings is 1. The minimum atomic E-state index is -0.356. The van der Waals surface area contributed by atoms with Gasteiger partial charge in [0.2, 0.25) is 5.13 Å². The van der Waals surface area contributed by atoms with E-state index in [-0.39, 0.29) is 11.7 Å². The molecule has 2 aromatic heterocycles. The van der Waals surface area contributed by atoms with Crippen molar-refractivity contribution in [3.05, 3.63) is 39.6 Å². The number of hydrogen-bond donors (Lipinski definition) is 1. The summed E-state index contributed by atoms with van der Waals surface area (Å²) in [4.78, 5) is 12.2. The lowest BCUT2D eigenvalue weighted by molar-refractivity contribution is 0.0998. The molecule has 0 saturated carbocycles. The average molecular weight is 308 g/mol. The number of hydrogen-bond acceptors (Lipinski definition) is 5. The first-order valence-corrected chi connectivity index (χ1v) is 7.05. The van der Waals surface area contributed by atoms with E-state index >= 15 is 0 Å². The number of nitrogens with zero attached hydrogens (tertiary/aromatic N) is 2. The second-order valence-corrected chi connectivity index (χ2v) is 5.84. The maximum Gasteiger partial charge on any atom is 0.293 e. The third-order valence-electron chi connectivity index (χ3n) is 2.87. The average Bonchev–Trinajstić information content (AvgIpc) is 2.95. The number of furan rings is 1. The molecule has 1 amide bonds. The van der Waals surface area contributed by atoms with Gasteiger partial charge in [-0.2, -0.15) is 0 Å². The lowest BCUT2D eigenvalue weighted by Crippen LogP contribution is -2.11. The topological polar surface area (TPSA) is 68.0 Å². The molecule has 3 rings (SSSR count). The predicted octanol–water partition coefficient (Wildman–Crippen LogP) is 3.81. The van der Waals surface area contributed by atoms with E-state index in [1.165, 1.54) is 11.3 Å². The van der Waals surface area contributed by atoms with Crippen LogP contribution in [0.25, 0.3) is 11.0 Å². The van der Waals surface area contributed by atoms with Crippen molar-refractivity contribution in [2.75, 3.05) is 5.32 Å². The van der Waals surface area contributed by atoms with Gasteiger partial charge in [0.05, 0.1) is 5.02 Å². The standard InChI is InChI=1S/C13H10ClN3O2S/c1-6-8-4-3-5-9(14)11(8)19-10(6)12(18)15-13-17-16-7(2)20-13/h3-5H,1-2H3,(H,15,17,18). The summed E-state index contributed by atoms with van der Waals surface area (Å²) in [6, 6.07) is 5.41. The van der Waals surface area contributed by atoms with Gasteiger partial charge >= 0.3 is 0 Å². The lowest BCUT2D eigenvalue weighted by Gasteiger charge is -1.98. The molecular weight excluding hydrogens is 298 g/mol. The fourth-order valence-corrected chi connectivity index (χ4v) is 2.73. The van der Waals surface area contributed by atoms with Gasteiger partial charge in [0.25, 0.3) is 5.91 Å². The largest absolute Gasteiger partial charge is 0.449 e. The highest BCUT2D eigenvalue weighted by atomic mass is 35.5. The first kappa shape index (κ1) is 13.1. The minimum Gasteiger partial charge on any atom is -0.449 e. The van der Waals surface area contributed by atoms with Crippen molar-refractivity contribution in [1.29, 1.82) is 0 Å². The van der Waals surface area contributed by atoms with Gasteiger partial charge in [-0.15, -0.1) is 10.2 Å². The number of carbonyl (C=O) groups excluding carboxylic acids is 1. The van der Waals surface area contributed by atoms with Crippen LogP contribution in [-0.2, 0) is 0 Å². The van der Waals surface area contributed by atoms with Crippen LogP contribution in [0.15, 0.2) is 22.6 Å². The maximum absolute atomic E-state index is 12.2. The summed E-state index contributed by atoms with van der Waals surface area (Å²) in [7, 11) is 0. The quantitative estimate of drug-likeness (QED) is 0.781. The summed E-state index contributed by atoms with van der Waals surface area (Å²) in [5.74, 6) is -0.119. The number of aryl methyl sites for hydroxylation is 2. The molecule has 0 aliphatic carbocycles. The third-order valence-corrected chi connectivity index (χ3v) is 3.92. The van der Waals surface area contributed by atoms with Gasteiger partial charge in [-0.05, 0) is 19.9 Å². The van der Waals surface area contributed by atoms with Crippen molar-refractivity contribution in [1.82, 2.24) is 10.2 Å². The molecule has 20 heavy (non-hydrogen) atoms. The highest BCUT2D eigenvalue weighted by molar-refractivity contribution is 7.15. The van der Waals surface area contributed by atoms with Crippen LogP contribution < -0.4 is 5.32 Å². The van der Waals surface area contributed by atoms with Gasteiger partial charge in [0.1, 0.15) is 5.01 Å². The molecule has 7 heteroatoms. The summed E-state index contributed by atoms with van der Waals surface area (Å²) in [6.07, 6.45) is 0. The van der Waals surface area contributed by atoms with Gasteiger partial charge in [0, 0.05) is 10.9 Å². The molecular formula is C13H10ClN3O2S. The Hall–Kier alpha value is -1.92. The van der Waals surface area contributed by atoms with Crippen LogP contribution in [0, 0.1) is 13.8 Å². The SMILES string of the molecule is Cc1nnc(NC(=O)c2oc3c(Cl)cccc3c2C)s1. The molecule has 0 saturated heterocycles. The first-order valence-electron chi connectivity index (χ1n) is 5.85. The second-order valence-electron chi connectivity index (χ2n) is 4.25. The number of halogens is 1. The Labute approximate surface area is 123 Å². The lowest BCUT2D eigenvalue weighted by atomic mass is 10.1. The van der Waals surface area contributed by atoms with Crippen molar-refractivity contribution in [3.63, 3.8) is 0 Å². The normalized spacial score (nSPS) is 10.9. The van der Waals surface area contributed by atoms with Crippen molar-refractivity contribution >= 4 is 44.9 Å². The molecule has 102 valence electrons. The Kier molecular flexibility index (Phi) is 3.19. The van der Waals surface area contributed by atoms with Crippen molar-refractivity contribution in [2.45, 2.75) is 13.8 Å². The summed E-state index contributed by atoms with van der Waals surface area (Å²) in [5, 5.41) is 12.9. The number of carbonyl (C=O) groups is 1. The van der Waals surface area contributed by atoms with Crippen LogP contribution in [0.5, 0.6) is 0 Å². The number of fused-ring (bicyclic) bond motifs is 1. The van der Waals surface area contributed by atoms with Gasteiger partial charge in [-0.3, -0.25) is 10.1 Å². The third kappa shape index (κ3) is 2.17. The fraction of sp³-hybridized carbons (Fsp3) is 0.154. The molecule has 0 radical (unpaired) electrons. The van der Waals surface area contributed by atoms with E-state index < -0.39 is 0 Å². The molecule has 0 spiro atoms. The number of nitrogens with one attached hydrogen (secondary N) is 1. The molecule has 0 atom stereocenters. The smallest absolute Gasteiger partial charge is 0.293 e. The van der Waals surface area contributed by atoms with E-state index in [9.17, 15) is 4.79 Å². The van der Waals surface area contributed by atoms with Crippen LogP contribution in [-0.4, -0.2) is 16.1 Å². The molecule has 1 N–H and O–H groups in total. The van der Waals surface area contributed by atoms with Crippen molar-refractivity contribution < 1.29 is 9.21 Å². The molecule has 0 unspecified atom stereocenters. The molecule has 0 fully saturated rings. The maximum atomic E-state index is 12.2. The summed E-state index contributed by atoms with van der Waals surface area (Å²) in [5.41, 5.74) is 1.27. The Morgan fingerprint density at radius 1 is 1.35 bits per heavy atom. The summed E-state index contributed by atoms with van der Waals surface area (Å²) < 4.78 is 5.58. The van der Waals surface area contributed by atoms with Gasteiger partial charge in [-0.25, -0.2) is 0 Å². The summed E-state index contributed by atoms with van der Waals surface area (Å²) in [6.45, 7) is 3.64. The second kappa shape index (κ2) is 4.88. The van der Waals surface area contributed by atoms with Gasteiger partial charge in [0.15, 0.2) is 11.3 Å². The molecule has 0 bridgehead atoms. The Morgan fingerprint density at radius 3 is 2.80 bits per heavy atom. The van der Waals surface area contributed by atoms with Crippen LogP contribution in [0.4, 0.5) is 5.13 Å². The Bertz CT molecular complexity index is 809. The molecule has 0 aliphatic rings. The Morgan fingerprint density at radius 2 is 2.15 bits per heavy atom. The number of aromatic nitrogens is 2. The van der Waals surface area contributed by atoms with Gasteiger partial charge < -0.3 is 4.42 Å². The van der Waals surface area contributed by atoms with Crippen LogP contribution in [0.2, 0.25) is 5.02 Å². The van der Waals surface area contributed by atoms with Crippen molar-refractivity contribution in [2.24, 2.45) is 0 Å². The van der Waals surface area contributed by atoms with E-state index in [1.807, 2.05) is 26.0 Å². The highest BCUT2D eigenvalue weighted by Crippen LogP contribution is 2.31. The van der Waals surface area contributed by atoms with Gasteiger partial charge in [-0.1, -0.05) is 35.1 Å². The zero-order chi connectivity index (χ0) is 14.3. The zero-order valence-corrected chi connectivity index (χ0v) is 12.3. The van der Waals surface area contributed by atoms with Crippen molar-refractivity contribution in [3.8, 4) is 0 Å². The number of amides is 1. The zero-order valence-electron chi connectivity index (χ0n) is 10.7. The predicted molar refractivity (Wildman–Crippen MR) is 78.6 cm³/mol. The highest BCUT2D eigenvalue weighted by Gasteiger charge is 2.20. The van der Waals surface area contributed by atoms with E-state index in [4.69, 9.17) is 16.0 Å². The van der Waals surface area contributed by atoms with E-state index in [0.717, 1.165) is 16.0 Å². The van der Waals surface area contributed by atoms with E-state index in [1.54, 1.807) is 6.07 Å². The Balaban J connectivity index is 1.99.